The molecule has 0 spiro atoms. The summed E-state index contributed by atoms with van der Waals surface area (Å²) in [6.45, 7) is 0. The summed E-state index contributed by atoms with van der Waals surface area (Å²) in [5, 5.41) is 18.6. The Morgan fingerprint density at radius 1 is 0.293 bits per heavy atom. The molecule has 0 aliphatic rings. The van der Waals surface area contributed by atoms with Crippen molar-refractivity contribution in [3.05, 3.63) is 70.8 Å². The lowest BCUT2D eigenvalue weighted by molar-refractivity contribution is -0.376. The molecule has 0 aromatic heterocycles. The highest BCUT2D eigenvalue weighted by Crippen LogP contribution is 2.58. The van der Waals surface area contributed by atoms with Crippen molar-refractivity contribution in [2.45, 2.75) is 53.7 Å². The number of halogens is 18. The van der Waals surface area contributed by atoms with Crippen LogP contribution in [0.5, 0.6) is 0 Å². The molecule has 232 valence electrons. The smallest absolute Gasteiger partial charge is 0.369 e. The second-order valence-electron chi connectivity index (χ2n) is 8.31. The molecule has 2 rings (SSSR count). The van der Waals surface area contributed by atoms with Crippen molar-refractivity contribution in [2.75, 3.05) is 0 Å². The minimum absolute atomic E-state index is 0.547. The summed E-state index contributed by atoms with van der Waals surface area (Å²) in [7, 11) is 0. The molecule has 20 heteroatoms. The Kier molecular flexibility index (Phi) is 8.00. The fourth-order valence-electron chi connectivity index (χ4n) is 3.88. The van der Waals surface area contributed by atoms with Gasteiger partial charge in [0.25, 0.3) is 11.2 Å². The third-order valence-corrected chi connectivity index (χ3v) is 5.96. The summed E-state index contributed by atoms with van der Waals surface area (Å²) < 4.78 is 241. The highest BCUT2D eigenvalue weighted by Gasteiger charge is 2.75. The summed E-state index contributed by atoms with van der Waals surface area (Å²) in [4.78, 5) is 0. The first-order valence-electron chi connectivity index (χ1n) is 9.99. The fraction of sp³-hybridized carbons (Fsp3) is 0.429. The lowest BCUT2D eigenvalue weighted by Gasteiger charge is -2.39. The zero-order valence-corrected chi connectivity index (χ0v) is 18.8. The third-order valence-electron chi connectivity index (χ3n) is 5.96. The van der Waals surface area contributed by atoms with Crippen LogP contribution in [0.3, 0.4) is 0 Å². The standard InChI is InChI=1S/C21H10F18O2/c22-16(23,24)13(17(25,26)27,9-1-5-11(6-2-9)14(40,18(28,29)30)19(31,32)33)10-3-7-12(8-4-10)15(41,20(34,35)36)21(37,38)39/h1-8,40-41H. The molecule has 0 saturated heterocycles. The number of rotatable bonds is 4. The highest BCUT2D eigenvalue weighted by molar-refractivity contribution is 5.47. The number of hydrogen-bond donors (Lipinski definition) is 2. The van der Waals surface area contributed by atoms with E-state index in [1.165, 1.54) is 0 Å². The van der Waals surface area contributed by atoms with Gasteiger partial charge in [0, 0.05) is 11.1 Å². The van der Waals surface area contributed by atoms with E-state index in [4.69, 9.17) is 0 Å². The van der Waals surface area contributed by atoms with Gasteiger partial charge < -0.3 is 10.2 Å². The maximum atomic E-state index is 14.1. The van der Waals surface area contributed by atoms with E-state index >= 15 is 0 Å². The number of alkyl halides is 18. The van der Waals surface area contributed by atoms with Crippen LogP contribution in [-0.2, 0) is 16.6 Å². The van der Waals surface area contributed by atoms with Gasteiger partial charge in [0.15, 0.2) is 0 Å². The molecule has 0 aliphatic heterocycles. The van der Waals surface area contributed by atoms with Crippen molar-refractivity contribution in [2.24, 2.45) is 0 Å². The topological polar surface area (TPSA) is 40.5 Å². The van der Waals surface area contributed by atoms with E-state index in [0.29, 0.717) is 0 Å². The molecular formula is C21H10F18O2. The molecule has 0 aliphatic carbocycles. The number of hydrogen-bond acceptors (Lipinski definition) is 2. The van der Waals surface area contributed by atoms with Gasteiger partial charge in [-0.2, -0.15) is 79.0 Å². The monoisotopic (exact) mass is 636 g/mol. The summed E-state index contributed by atoms with van der Waals surface area (Å²) in [6.07, 6.45) is -39.7. The summed E-state index contributed by atoms with van der Waals surface area (Å²) in [5.41, 5.74) is -26.0. The first-order valence-corrected chi connectivity index (χ1v) is 9.99. The van der Waals surface area contributed by atoms with E-state index < -0.39 is 124 Å². The van der Waals surface area contributed by atoms with E-state index in [1.54, 1.807) is 0 Å². The molecule has 0 radical (unpaired) electrons. The predicted molar refractivity (Wildman–Crippen MR) is 97.8 cm³/mol. The Hall–Kier alpha value is -2.90. The van der Waals surface area contributed by atoms with Crippen LogP contribution in [0.25, 0.3) is 0 Å². The molecule has 0 amide bonds. The summed E-state index contributed by atoms with van der Waals surface area (Å²) >= 11 is 0. The summed E-state index contributed by atoms with van der Waals surface area (Å²) in [5.74, 6) is 0. The first kappa shape index (κ1) is 34.3. The van der Waals surface area contributed by atoms with Gasteiger partial charge in [-0.25, -0.2) is 0 Å². The van der Waals surface area contributed by atoms with Crippen LogP contribution in [0.15, 0.2) is 48.5 Å². The van der Waals surface area contributed by atoms with Gasteiger partial charge >= 0.3 is 37.1 Å². The largest absolute Gasteiger partial charge is 0.430 e. The lowest BCUT2D eigenvalue weighted by Crippen LogP contribution is -2.56. The molecule has 0 atom stereocenters. The van der Waals surface area contributed by atoms with E-state index in [1.807, 2.05) is 0 Å². The van der Waals surface area contributed by atoms with Crippen molar-refractivity contribution in [1.29, 1.82) is 0 Å². The maximum absolute atomic E-state index is 14.1. The van der Waals surface area contributed by atoms with Crippen LogP contribution in [0, 0.1) is 0 Å². The molecule has 0 bridgehead atoms. The normalized spacial score (nSPS) is 15.3. The van der Waals surface area contributed by atoms with Crippen LogP contribution in [0.1, 0.15) is 22.3 Å². The molecule has 2 N–H and O–H groups in total. The minimum atomic E-state index is -6.65. The lowest BCUT2D eigenvalue weighted by atomic mass is 9.72. The maximum Gasteiger partial charge on any atom is 0.430 e. The molecule has 2 nitrogen and oxygen atoms in total. The first-order chi connectivity index (χ1) is 17.9. The molecule has 2 aromatic carbocycles. The van der Waals surface area contributed by atoms with Gasteiger partial charge in [0.05, 0.1) is 0 Å². The second-order valence-corrected chi connectivity index (χ2v) is 8.31. The van der Waals surface area contributed by atoms with Crippen molar-refractivity contribution in [3.8, 4) is 0 Å². The number of aliphatic hydroxyl groups is 2. The quantitative estimate of drug-likeness (QED) is 0.338. The minimum Gasteiger partial charge on any atom is -0.369 e. The zero-order chi connectivity index (χ0) is 32.5. The van der Waals surface area contributed by atoms with E-state index in [2.05, 4.69) is 0 Å². The van der Waals surface area contributed by atoms with Crippen LogP contribution in [0.4, 0.5) is 79.0 Å². The van der Waals surface area contributed by atoms with E-state index in [-0.39, 0.29) is 0 Å². The predicted octanol–water partition coefficient (Wildman–Crippen LogP) is 7.72. The zero-order valence-electron chi connectivity index (χ0n) is 18.8. The van der Waals surface area contributed by atoms with Gasteiger partial charge in [-0.1, -0.05) is 48.5 Å². The number of benzene rings is 2. The molecule has 41 heavy (non-hydrogen) atoms. The van der Waals surface area contributed by atoms with Gasteiger partial charge in [0.2, 0.25) is 5.41 Å². The van der Waals surface area contributed by atoms with Crippen LogP contribution >= 0.6 is 0 Å². The Bertz CT molecular complexity index is 1080. The van der Waals surface area contributed by atoms with Gasteiger partial charge in [-0.05, 0) is 11.1 Å². The average molecular weight is 636 g/mol. The Balaban J connectivity index is 2.92. The van der Waals surface area contributed by atoms with Crippen molar-refractivity contribution >= 4 is 0 Å². The molecular weight excluding hydrogens is 626 g/mol. The van der Waals surface area contributed by atoms with Crippen molar-refractivity contribution in [3.63, 3.8) is 0 Å². The van der Waals surface area contributed by atoms with Crippen molar-refractivity contribution < 1.29 is 89.2 Å². The second kappa shape index (κ2) is 9.56. The Morgan fingerprint density at radius 2 is 0.463 bits per heavy atom. The molecule has 0 heterocycles. The fourth-order valence-corrected chi connectivity index (χ4v) is 3.88. The Labute approximate surface area is 214 Å². The van der Waals surface area contributed by atoms with Crippen LogP contribution < -0.4 is 0 Å². The van der Waals surface area contributed by atoms with Crippen molar-refractivity contribution in [1.82, 2.24) is 0 Å². The summed E-state index contributed by atoms with van der Waals surface area (Å²) in [6, 6.07) is -4.51. The van der Waals surface area contributed by atoms with E-state index in [0.717, 1.165) is 0 Å². The average Bonchev–Trinajstić information content (AvgIpc) is 2.74. The molecule has 0 fully saturated rings. The molecule has 0 unspecified atom stereocenters. The highest BCUT2D eigenvalue weighted by atomic mass is 19.4. The van der Waals surface area contributed by atoms with Crippen LogP contribution in [0.2, 0.25) is 0 Å². The SMILES string of the molecule is OC(c1ccc(C(c2ccc(C(O)(C(F)(F)F)C(F)(F)F)cc2)(C(F)(F)F)C(F)(F)F)cc1)(C(F)(F)F)C(F)(F)F. The Morgan fingerprint density at radius 3 is 0.610 bits per heavy atom. The molecule has 0 saturated carbocycles. The van der Waals surface area contributed by atoms with Gasteiger partial charge in [-0.3, -0.25) is 0 Å². The third kappa shape index (κ3) is 5.05. The van der Waals surface area contributed by atoms with Gasteiger partial charge in [0.1, 0.15) is 0 Å². The van der Waals surface area contributed by atoms with Gasteiger partial charge in [-0.15, -0.1) is 0 Å². The molecule has 2 aromatic rings. The van der Waals surface area contributed by atoms with E-state index in [9.17, 15) is 89.2 Å². The van der Waals surface area contributed by atoms with Crippen LogP contribution in [-0.4, -0.2) is 47.3 Å².